The first kappa shape index (κ1) is 13.0. The third-order valence-corrected chi connectivity index (χ3v) is 2.80. The van der Waals surface area contributed by atoms with E-state index in [4.69, 9.17) is 5.73 Å². The van der Waals surface area contributed by atoms with Crippen molar-refractivity contribution in [3.63, 3.8) is 0 Å². The van der Waals surface area contributed by atoms with Gasteiger partial charge in [0.2, 0.25) is 11.8 Å². The van der Waals surface area contributed by atoms with Crippen LogP contribution in [0, 0.1) is 5.82 Å². The number of hydrogen-bond donors (Lipinski definition) is 3. The summed E-state index contributed by atoms with van der Waals surface area (Å²) in [7, 11) is 0. The van der Waals surface area contributed by atoms with Gasteiger partial charge in [-0.25, -0.2) is 4.39 Å². The fourth-order valence-electron chi connectivity index (χ4n) is 1.79. The summed E-state index contributed by atoms with van der Waals surface area (Å²) in [5.41, 5.74) is 5.65. The van der Waals surface area contributed by atoms with Crippen LogP contribution in [0.25, 0.3) is 0 Å². The second-order valence-electron chi connectivity index (χ2n) is 4.21. The lowest BCUT2D eigenvalue weighted by atomic mass is 10.1. The quantitative estimate of drug-likeness (QED) is 0.515. The molecule has 1 heterocycles. The zero-order valence-corrected chi connectivity index (χ0v) is 9.90. The van der Waals surface area contributed by atoms with Crippen molar-refractivity contribution in [2.75, 3.05) is 5.73 Å². The summed E-state index contributed by atoms with van der Waals surface area (Å²) in [6, 6.07) is 2.59. The lowest BCUT2D eigenvalue weighted by molar-refractivity contribution is -0.134. The lowest BCUT2D eigenvalue weighted by Crippen LogP contribution is -2.52. The predicted octanol–water partition coefficient (Wildman–Crippen LogP) is -0.0571. The Hall–Kier alpha value is -2.44. The second kappa shape index (κ2) is 5.05. The molecule has 1 fully saturated rings. The van der Waals surface area contributed by atoms with E-state index in [0.29, 0.717) is 0 Å². The molecule has 1 aliphatic rings. The smallest absolute Gasteiger partial charge is 0.254 e. The van der Waals surface area contributed by atoms with Crippen LogP contribution in [0.3, 0.4) is 0 Å². The van der Waals surface area contributed by atoms with Gasteiger partial charge in [-0.15, -0.1) is 0 Å². The fourth-order valence-corrected chi connectivity index (χ4v) is 1.79. The van der Waals surface area contributed by atoms with Crippen molar-refractivity contribution >= 4 is 23.4 Å². The van der Waals surface area contributed by atoms with Gasteiger partial charge in [0.05, 0.1) is 5.56 Å². The van der Waals surface area contributed by atoms with Gasteiger partial charge in [-0.1, -0.05) is 0 Å². The van der Waals surface area contributed by atoms with E-state index in [1.807, 2.05) is 0 Å². The zero-order chi connectivity index (χ0) is 14.0. The molecule has 1 aliphatic heterocycles. The Morgan fingerprint density at radius 3 is 2.84 bits per heavy atom. The first-order valence-electron chi connectivity index (χ1n) is 5.67. The van der Waals surface area contributed by atoms with Crippen molar-refractivity contribution in [1.29, 1.82) is 0 Å². The molecule has 0 spiro atoms. The van der Waals surface area contributed by atoms with Gasteiger partial charge in [-0.2, -0.15) is 0 Å². The van der Waals surface area contributed by atoms with Crippen LogP contribution in [-0.4, -0.2) is 23.8 Å². The molecule has 1 aromatic carbocycles. The number of nitrogen functional groups attached to an aromatic ring is 1. The highest BCUT2D eigenvalue weighted by Crippen LogP contribution is 2.14. The number of piperidine rings is 1. The number of hydrogen-bond acceptors (Lipinski definition) is 4. The Balaban J connectivity index is 2.11. The maximum Gasteiger partial charge on any atom is 0.254 e. The van der Waals surface area contributed by atoms with Crippen LogP contribution in [0.15, 0.2) is 18.2 Å². The predicted molar refractivity (Wildman–Crippen MR) is 64.5 cm³/mol. The Morgan fingerprint density at radius 1 is 1.42 bits per heavy atom. The van der Waals surface area contributed by atoms with Crippen LogP contribution >= 0.6 is 0 Å². The van der Waals surface area contributed by atoms with Gasteiger partial charge in [0, 0.05) is 12.1 Å². The third kappa shape index (κ3) is 2.87. The van der Waals surface area contributed by atoms with E-state index in [9.17, 15) is 18.8 Å². The number of rotatable bonds is 2. The van der Waals surface area contributed by atoms with E-state index in [-0.39, 0.29) is 30.0 Å². The molecule has 1 unspecified atom stereocenters. The third-order valence-electron chi connectivity index (χ3n) is 2.80. The zero-order valence-electron chi connectivity index (χ0n) is 9.90. The van der Waals surface area contributed by atoms with Crippen molar-refractivity contribution in [1.82, 2.24) is 10.6 Å². The highest BCUT2D eigenvalue weighted by atomic mass is 19.1. The van der Waals surface area contributed by atoms with E-state index >= 15 is 0 Å². The van der Waals surface area contributed by atoms with E-state index in [0.717, 1.165) is 12.1 Å². The van der Waals surface area contributed by atoms with Gasteiger partial charge >= 0.3 is 0 Å². The molecule has 4 N–H and O–H groups in total. The Bertz CT molecular complexity index is 559. The molecule has 7 heteroatoms. The molecule has 1 aromatic rings. The van der Waals surface area contributed by atoms with Crippen molar-refractivity contribution in [2.24, 2.45) is 0 Å². The number of nitrogens with two attached hydrogens (primary N) is 1. The molecule has 0 aliphatic carbocycles. The van der Waals surface area contributed by atoms with Gasteiger partial charge < -0.3 is 11.1 Å². The molecule has 2 rings (SSSR count). The van der Waals surface area contributed by atoms with Crippen molar-refractivity contribution < 1.29 is 18.8 Å². The Kier molecular flexibility index (Phi) is 3.46. The second-order valence-corrected chi connectivity index (χ2v) is 4.21. The molecule has 1 saturated heterocycles. The number of carbonyl (C=O) groups is 3. The molecule has 100 valence electrons. The highest BCUT2D eigenvalue weighted by molar-refractivity contribution is 6.05. The van der Waals surface area contributed by atoms with Gasteiger partial charge in [0.15, 0.2) is 0 Å². The number of halogens is 1. The Labute approximate surface area is 108 Å². The molecule has 19 heavy (non-hydrogen) atoms. The summed E-state index contributed by atoms with van der Waals surface area (Å²) in [5.74, 6) is -2.19. The molecular weight excluding hydrogens is 253 g/mol. The monoisotopic (exact) mass is 265 g/mol. The normalized spacial score (nSPS) is 18.9. The minimum Gasteiger partial charge on any atom is -0.398 e. The van der Waals surface area contributed by atoms with E-state index in [1.165, 1.54) is 6.07 Å². The van der Waals surface area contributed by atoms with Gasteiger partial charge in [0.1, 0.15) is 11.9 Å². The average Bonchev–Trinajstić information content (AvgIpc) is 2.35. The van der Waals surface area contributed by atoms with Crippen LogP contribution in [0.2, 0.25) is 0 Å². The maximum atomic E-state index is 13.1. The van der Waals surface area contributed by atoms with Crippen LogP contribution in [0.5, 0.6) is 0 Å². The average molecular weight is 265 g/mol. The molecule has 0 radical (unpaired) electrons. The summed E-state index contributed by atoms with van der Waals surface area (Å²) in [6.45, 7) is 0. The van der Waals surface area contributed by atoms with Crippen LogP contribution in [0.4, 0.5) is 10.1 Å². The minimum absolute atomic E-state index is 0.0373. The first-order chi connectivity index (χ1) is 8.97. The molecule has 0 saturated carbocycles. The summed E-state index contributed by atoms with van der Waals surface area (Å²) >= 11 is 0. The first-order valence-corrected chi connectivity index (χ1v) is 5.67. The highest BCUT2D eigenvalue weighted by Gasteiger charge is 2.28. The van der Waals surface area contributed by atoms with Gasteiger partial charge in [0.25, 0.3) is 5.91 Å². The number of imide groups is 1. The number of amides is 3. The van der Waals surface area contributed by atoms with Crippen LogP contribution < -0.4 is 16.4 Å². The van der Waals surface area contributed by atoms with Gasteiger partial charge in [-0.3, -0.25) is 19.7 Å². The maximum absolute atomic E-state index is 13.1. The van der Waals surface area contributed by atoms with Crippen LogP contribution in [-0.2, 0) is 9.59 Å². The molecule has 6 nitrogen and oxygen atoms in total. The molecular formula is C12H12FN3O3. The lowest BCUT2D eigenvalue weighted by Gasteiger charge is -2.22. The molecule has 3 amide bonds. The standard InChI is InChI=1S/C12H12FN3O3/c13-6-1-2-8(14)7(5-6)11(18)15-9-3-4-10(17)16-12(9)19/h1-2,5,9H,3-4,14H2,(H,15,18)(H,16,17,19). The van der Waals surface area contributed by atoms with Crippen molar-refractivity contribution in [3.8, 4) is 0 Å². The van der Waals surface area contributed by atoms with Gasteiger partial charge in [-0.05, 0) is 24.6 Å². The summed E-state index contributed by atoms with van der Waals surface area (Å²) in [4.78, 5) is 34.3. The van der Waals surface area contributed by atoms with Crippen molar-refractivity contribution in [2.45, 2.75) is 18.9 Å². The summed E-state index contributed by atoms with van der Waals surface area (Å²) in [6.07, 6.45) is 0.362. The van der Waals surface area contributed by atoms with E-state index in [1.54, 1.807) is 0 Å². The molecule has 0 bridgehead atoms. The molecule has 1 atom stereocenters. The number of nitrogens with one attached hydrogen (secondary N) is 2. The number of anilines is 1. The fraction of sp³-hybridized carbons (Fsp3) is 0.250. The SMILES string of the molecule is Nc1ccc(F)cc1C(=O)NC1CCC(=O)NC1=O. The largest absolute Gasteiger partial charge is 0.398 e. The summed E-state index contributed by atoms with van der Waals surface area (Å²) in [5, 5.41) is 4.54. The topological polar surface area (TPSA) is 101 Å². The Morgan fingerprint density at radius 2 is 2.16 bits per heavy atom. The van der Waals surface area contributed by atoms with E-state index in [2.05, 4.69) is 10.6 Å². The van der Waals surface area contributed by atoms with E-state index < -0.39 is 23.7 Å². The van der Waals surface area contributed by atoms with Crippen LogP contribution in [0.1, 0.15) is 23.2 Å². The number of carbonyl (C=O) groups excluding carboxylic acids is 3. The molecule has 0 aromatic heterocycles. The minimum atomic E-state index is -0.812. The summed E-state index contributed by atoms with van der Waals surface area (Å²) < 4.78 is 13.1. The number of benzene rings is 1. The van der Waals surface area contributed by atoms with Crippen molar-refractivity contribution in [3.05, 3.63) is 29.6 Å².